The zero-order chi connectivity index (χ0) is 11.0. The average Bonchev–Trinajstić information content (AvgIpc) is 2.21. The first-order valence-corrected chi connectivity index (χ1v) is 7.56. The molecule has 0 aliphatic carbocycles. The van der Waals surface area contributed by atoms with Gasteiger partial charge in [0.1, 0.15) is 0 Å². The molecule has 86 valence electrons. The van der Waals surface area contributed by atoms with Gasteiger partial charge in [-0.15, -0.1) is 0 Å². The summed E-state index contributed by atoms with van der Waals surface area (Å²) in [6.07, 6.45) is 0.934. The van der Waals surface area contributed by atoms with Gasteiger partial charge in [0.15, 0.2) is 0 Å². The fraction of sp³-hybridized carbons (Fsp3) is 1.00. The van der Waals surface area contributed by atoms with Gasteiger partial charge >= 0.3 is 0 Å². The first-order chi connectivity index (χ1) is 6.74. The molecule has 14 heavy (non-hydrogen) atoms. The normalized spacial score (nSPS) is 12.0. The molecule has 4 heteroatoms. The summed E-state index contributed by atoms with van der Waals surface area (Å²) in [5, 5.41) is 0. The van der Waals surface area contributed by atoms with Crippen LogP contribution in [0.4, 0.5) is 0 Å². The van der Waals surface area contributed by atoms with E-state index >= 15 is 0 Å². The molecule has 0 spiro atoms. The van der Waals surface area contributed by atoms with E-state index in [2.05, 4.69) is 36.8 Å². The van der Waals surface area contributed by atoms with Crippen LogP contribution in [0.3, 0.4) is 0 Å². The molecule has 0 heterocycles. The summed E-state index contributed by atoms with van der Waals surface area (Å²) < 4.78 is 10.5. The van der Waals surface area contributed by atoms with Gasteiger partial charge in [0.05, 0.1) is 6.23 Å². The van der Waals surface area contributed by atoms with E-state index in [9.17, 15) is 0 Å². The molecule has 0 unspecified atom stereocenters. The van der Waals surface area contributed by atoms with Gasteiger partial charge in [-0.25, -0.2) is 0 Å². The Kier molecular flexibility index (Phi) is 8.47. The number of ether oxygens (including phenoxy) is 1. The number of nitrogens with zero attached hydrogens (tertiary/aromatic N) is 2. The lowest BCUT2D eigenvalue weighted by Crippen LogP contribution is -2.55. The van der Waals surface area contributed by atoms with Crippen molar-refractivity contribution in [3.05, 3.63) is 0 Å². The highest BCUT2D eigenvalue weighted by Crippen LogP contribution is 2.02. The van der Waals surface area contributed by atoms with Gasteiger partial charge in [-0.3, -0.25) is 0 Å². The fourth-order valence-electron chi connectivity index (χ4n) is 1.88. The van der Waals surface area contributed by atoms with E-state index in [0.717, 1.165) is 32.4 Å². The van der Waals surface area contributed by atoms with Crippen LogP contribution in [-0.2, 0) is 4.74 Å². The molecule has 0 aromatic carbocycles. The molecule has 0 saturated heterocycles. The lowest BCUT2D eigenvalue weighted by atomic mass is 10.7. The van der Waals surface area contributed by atoms with Crippen LogP contribution < -0.4 is 0 Å². The predicted octanol–water partition coefficient (Wildman–Crippen LogP) is 1.08. The van der Waals surface area contributed by atoms with Gasteiger partial charge in [0.25, 0.3) is 0 Å². The van der Waals surface area contributed by atoms with Crippen molar-refractivity contribution in [3.63, 3.8) is 0 Å². The maximum absolute atomic E-state index is 5.35. The number of hydrogen-bond donors (Lipinski definition) is 0. The van der Waals surface area contributed by atoms with Crippen molar-refractivity contribution < 1.29 is 4.74 Å². The third-order valence-corrected chi connectivity index (χ3v) is 6.56. The third-order valence-electron chi connectivity index (χ3n) is 2.78. The highest BCUT2D eigenvalue weighted by atomic mass is 28.3. The minimum atomic E-state index is -1.02. The van der Waals surface area contributed by atoms with E-state index in [1.165, 1.54) is 0 Å². The lowest BCUT2D eigenvalue weighted by molar-refractivity contribution is 0.222. The van der Waals surface area contributed by atoms with E-state index < -0.39 is 9.12 Å². The van der Waals surface area contributed by atoms with Crippen molar-refractivity contribution in [1.82, 2.24) is 9.13 Å². The second kappa shape index (κ2) is 8.41. The van der Waals surface area contributed by atoms with Crippen LogP contribution >= 0.6 is 0 Å². The Hall–Kier alpha value is 0.0969. The Bertz CT molecular complexity index is 115. The minimum Gasteiger partial charge on any atom is -0.385 e. The maximum Gasteiger partial charge on any atom is 0.216 e. The van der Waals surface area contributed by atoms with Crippen LogP contribution in [0.5, 0.6) is 0 Å². The summed E-state index contributed by atoms with van der Waals surface area (Å²) >= 11 is 0. The van der Waals surface area contributed by atoms with Crippen molar-refractivity contribution in [2.45, 2.75) is 27.7 Å². The number of hydrogen-bond acceptors (Lipinski definition) is 3. The van der Waals surface area contributed by atoms with E-state index in [-0.39, 0.29) is 0 Å². The van der Waals surface area contributed by atoms with Crippen molar-refractivity contribution >= 4 is 9.12 Å². The quantitative estimate of drug-likeness (QED) is 0.567. The van der Waals surface area contributed by atoms with E-state index in [1.54, 1.807) is 0 Å². The third kappa shape index (κ3) is 4.08. The first-order valence-electron chi connectivity index (χ1n) is 5.71. The molecule has 0 amide bonds. The van der Waals surface area contributed by atoms with E-state index in [0.29, 0.717) is 0 Å². The second-order valence-electron chi connectivity index (χ2n) is 3.38. The van der Waals surface area contributed by atoms with E-state index in [1.807, 2.05) is 7.11 Å². The summed E-state index contributed by atoms with van der Waals surface area (Å²) in [5.41, 5.74) is 0. The lowest BCUT2D eigenvalue weighted by Gasteiger charge is -2.35. The molecule has 0 fully saturated rings. The Morgan fingerprint density at radius 2 is 1.21 bits per heavy atom. The van der Waals surface area contributed by atoms with Crippen molar-refractivity contribution in [3.8, 4) is 0 Å². The molecule has 0 aromatic heterocycles. The minimum absolute atomic E-state index is 0.934. The molecule has 0 atom stereocenters. The van der Waals surface area contributed by atoms with Crippen molar-refractivity contribution in [2.24, 2.45) is 0 Å². The molecule has 0 radical (unpaired) electrons. The molecule has 3 nitrogen and oxygen atoms in total. The van der Waals surface area contributed by atoms with Crippen LogP contribution in [0.15, 0.2) is 0 Å². The molecule has 0 saturated carbocycles. The van der Waals surface area contributed by atoms with Crippen LogP contribution in [0.2, 0.25) is 0 Å². The smallest absolute Gasteiger partial charge is 0.216 e. The highest BCUT2D eigenvalue weighted by molar-refractivity contribution is 6.52. The van der Waals surface area contributed by atoms with Crippen LogP contribution in [0.25, 0.3) is 0 Å². The maximum atomic E-state index is 5.35. The zero-order valence-corrected chi connectivity index (χ0v) is 11.6. The molecule has 0 rings (SSSR count). The van der Waals surface area contributed by atoms with Crippen LogP contribution in [0, 0.1) is 0 Å². The standard InChI is InChI=1S/C10H26N2OSi/c1-6-11(7-2)14(10-13-5)12(8-3)9-4/h14H,6-10H2,1-5H3. The molecule has 0 aliphatic rings. The van der Waals surface area contributed by atoms with Gasteiger partial charge < -0.3 is 13.9 Å². The van der Waals surface area contributed by atoms with E-state index in [4.69, 9.17) is 4.74 Å². The summed E-state index contributed by atoms with van der Waals surface area (Å²) in [6.45, 7) is 13.5. The van der Waals surface area contributed by atoms with Gasteiger partial charge in [0.2, 0.25) is 9.12 Å². The van der Waals surface area contributed by atoms with Crippen LogP contribution in [-0.4, -0.2) is 57.8 Å². The van der Waals surface area contributed by atoms with Gasteiger partial charge in [-0.1, -0.05) is 27.7 Å². The number of rotatable bonds is 8. The Morgan fingerprint density at radius 1 is 0.857 bits per heavy atom. The summed E-state index contributed by atoms with van der Waals surface area (Å²) in [4.78, 5) is 0. The summed E-state index contributed by atoms with van der Waals surface area (Å²) in [7, 11) is 0.793. The van der Waals surface area contributed by atoms with Gasteiger partial charge in [-0.05, 0) is 26.2 Å². The Labute approximate surface area is 90.8 Å². The molecule has 0 bridgehead atoms. The fourth-order valence-corrected chi connectivity index (χ4v) is 4.75. The Morgan fingerprint density at radius 3 is 1.43 bits per heavy atom. The SMILES string of the molecule is CCN(CC)[SiH](COC)N(CC)CC. The highest BCUT2D eigenvalue weighted by Gasteiger charge is 2.23. The largest absolute Gasteiger partial charge is 0.385 e. The summed E-state index contributed by atoms with van der Waals surface area (Å²) in [6, 6.07) is 0. The molecular weight excluding hydrogens is 192 g/mol. The molecular formula is C10H26N2OSi. The average molecular weight is 218 g/mol. The van der Waals surface area contributed by atoms with Crippen LogP contribution in [0.1, 0.15) is 27.7 Å². The predicted molar refractivity (Wildman–Crippen MR) is 64.9 cm³/mol. The Balaban J connectivity index is 4.36. The summed E-state index contributed by atoms with van der Waals surface area (Å²) in [5.74, 6) is 0. The van der Waals surface area contributed by atoms with Crippen molar-refractivity contribution in [2.75, 3.05) is 39.5 Å². The number of methoxy groups -OCH3 is 1. The first kappa shape index (κ1) is 14.1. The van der Waals surface area contributed by atoms with Crippen molar-refractivity contribution in [1.29, 1.82) is 0 Å². The monoisotopic (exact) mass is 218 g/mol. The topological polar surface area (TPSA) is 15.7 Å². The molecule has 0 N–H and O–H groups in total. The molecule has 0 aromatic rings. The molecule has 0 aliphatic heterocycles. The van der Waals surface area contributed by atoms with Gasteiger partial charge in [0, 0.05) is 7.11 Å². The zero-order valence-electron chi connectivity index (χ0n) is 10.4. The van der Waals surface area contributed by atoms with Gasteiger partial charge in [-0.2, -0.15) is 0 Å². The second-order valence-corrected chi connectivity index (χ2v) is 6.13.